The number of hydrogen-bond acceptors (Lipinski definition) is 4. The summed E-state index contributed by atoms with van der Waals surface area (Å²) in [6, 6.07) is 11.6. The molecule has 1 N–H and O–H groups in total. The molecule has 0 unspecified atom stereocenters. The number of benzene rings is 1. The smallest absolute Gasteiger partial charge is 0.270 e. The van der Waals surface area contributed by atoms with Gasteiger partial charge in [-0.3, -0.25) is 9.20 Å². The number of carbonyl (C=O) groups is 1. The van der Waals surface area contributed by atoms with Crippen LogP contribution in [0.1, 0.15) is 42.5 Å². The van der Waals surface area contributed by atoms with Crippen molar-refractivity contribution in [1.29, 1.82) is 0 Å². The first kappa shape index (κ1) is 19.7. The van der Waals surface area contributed by atoms with E-state index in [1.807, 2.05) is 67.8 Å². The molecule has 2 aromatic heterocycles. The number of nitrogens with zero attached hydrogens (tertiary/aromatic N) is 2. The minimum absolute atomic E-state index is 0.105. The summed E-state index contributed by atoms with van der Waals surface area (Å²) in [5.74, 6) is 1.38. The maximum atomic E-state index is 12.8. The number of amides is 1. The second-order valence-electron chi connectivity index (χ2n) is 6.34. The Balaban J connectivity index is 1.68. The average Bonchev–Trinajstić information content (AvgIpc) is 3.09. The summed E-state index contributed by atoms with van der Waals surface area (Å²) in [6.45, 7) is 7.60. The third-order valence-corrected chi connectivity index (χ3v) is 4.46. The maximum Gasteiger partial charge on any atom is 0.270 e. The van der Waals surface area contributed by atoms with Gasteiger partial charge in [0.05, 0.1) is 18.9 Å². The average molecular weight is 381 g/mol. The summed E-state index contributed by atoms with van der Waals surface area (Å²) in [7, 11) is 0. The number of aromatic nitrogens is 2. The van der Waals surface area contributed by atoms with E-state index in [1.165, 1.54) is 0 Å². The van der Waals surface area contributed by atoms with Gasteiger partial charge in [0, 0.05) is 12.7 Å². The molecule has 148 valence electrons. The van der Waals surface area contributed by atoms with Crippen LogP contribution in [0.5, 0.6) is 11.5 Å². The molecule has 0 saturated heterocycles. The van der Waals surface area contributed by atoms with Crippen LogP contribution >= 0.6 is 0 Å². The van der Waals surface area contributed by atoms with E-state index in [4.69, 9.17) is 9.47 Å². The van der Waals surface area contributed by atoms with Crippen LogP contribution < -0.4 is 14.8 Å². The summed E-state index contributed by atoms with van der Waals surface area (Å²) < 4.78 is 13.1. The molecule has 0 bridgehead atoms. The topological polar surface area (TPSA) is 64.9 Å². The van der Waals surface area contributed by atoms with Crippen LogP contribution in [-0.4, -0.2) is 35.1 Å². The van der Waals surface area contributed by atoms with E-state index in [2.05, 4.69) is 10.3 Å². The highest BCUT2D eigenvalue weighted by atomic mass is 16.5. The molecule has 3 rings (SSSR count). The third-order valence-electron chi connectivity index (χ3n) is 4.46. The van der Waals surface area contributed by atoms with Gasteiger partial charge in [-0.1, -0.05) is 19.1 Å². The molecule has 2 heterocycles. The molecule has 0 aliphatic heterocycles. The van der Waals surface area contributed by atoms with Crippen LogP contribution in [0.4, 0.5) is 0 Å². The van der Waals surface area contributed by atoms with Gasteiger partial charge in [-0.25, -0.2) is 4.98 Å². The minimum atomic E-state index is -0.105. The number of aryl methyl sites for hydroxylation is 1. The molecule has 0 saturated carbocycles. The fourth-order valence-electron chi connectivity index (χ4n) is 3.19. The van der Waals surface area contributed by atoms with Gasteiger partial charge in [0.15, 0.2) is 11.5 Å². The first-order chi connectivity index (χ1) is 13.7. The fourth-order valence-corrected chi connectivity index (χ4v) is 3.19. The summed E-state index contributed by atoms with van der Waals surface area (Å²) in [4.78, 5) is 17.3. The van der Waals surface area contributed by atoms with Crippen molar-refractivity contribution < 1.29 is 14.3 Å². The van der Waals surface area contributed by atoms with Crippen molar-refractivity contribution in [2.75, 3.05) is 19.8 Å². The number of carbonyl (C=O) groups excluding carboxylic acids is 1. The monoisotopic (exact) mass is 381 g/mol. The van der Waals surface area contributed by atoms with Gasteiger partial charge in [-0.15, -0.1) is 0 Å². The molecule has 3 aromatic rings. The zero-order valence-electron chi connectivity index (χ0n) is 16.7. The van der Waals surface area contributed by atoms with Crippen LogP contribution in [0, 0.1) is 0 Å². The first-order valence-corrected chi connectivity index (χ1v) is 9.80. The van der Waals surface area contributed by atoms with Crippen molar-refractivity contribution in [2.24, 2.45) is 0 Å². The van der Waals surface area contributed by atoms with Gasteiger partial charge < -0.3 is 14.8 Å². The Labute approximate surface area is 165 Å². The number of imidazole rings is 1. The molecule has 0 aliphatic carbocycles. The zero-order chi connectivity index (χ0) is 19.9. The second kappa shape index (κ2) is 9.26. The Bertz CT molecular complexity index is 949. The molecule has 6 nitrogen and oxygen atoms in total. The molecule has 1 aromatic carbocycles. The van der Waals surface area contributed by atoms with Gasteiger partial charge in [0.2, 0.25) is 0 Å². The molecule has 6 heteroatoms. The number of pyridine rings is 1. The number of fused-ring (bicyclic) bond motifs is 1. The molecular weight excluding hydrogens is 354 g/mol. The normalized spacial score (nSPS) is 10.8. The highest BCUT2D eigenvalue weighted by Crippen LogP contribution is 2.28. The van der Waals surface area contributed by atoms with Crippen LogP contribution in [0.15, 0.2) is 42.6 Å². The maximum absolute atomic E-state index is 12.8. The Morgan fingerprint density at radius 2 is 1.86 bits per heavy atom. The van der Waals surface area contributed by atoms with E-state index in [-0.39, 0.29) is 5.91 Å². The number of nitrogens with one attached hydrogen (secondary N) is 1. The Kier molecular flexibility index (Phi) is 6.53. The summed E-state index contributed by atoms with van der Waals surface area (Å²) in [5, 5.41) is 3.02. The van der Waals surface area contributed by atoms with Gasteiger partial charge >= 0.3 is 0 Å². The van der Waals surface area contributed by atoms with Crippen LogP contribution in [0.25, 0.3) is 5.65 Å². The largest absolute Gasteiger partial charge is 0.490 e. The quantitative estimate of drug-likeness (QED) is 0.614. The number of hydrogen-bond donors (Lipinski definition) is 1. The molecule has 0 atom stereocenters. The molecule has 0 aliphatic rings. The van der Waals surface area contributed by atoms with Crippen molar-refractivity contribution in [3.8, 4) is 11.5 Å². The third kappa shape index (κ3) is 4.27. The highest BCUT2D eigenvalue weighted by molar-refractivity contribution is 5.94. The predicted molar refractivity (Wildman–Crippen MR) is 109 cm³/mol. The molecule has 0 radical (unpaired) electrons. The van der Waals surface area contributed by atoms with E-state index >= 15 is 0 Å². The lowest BCUT2D eigenvalue weighted by Crippen LogP contribution is -2.27. The van der Waals surface area contributed by atoms with Crippen LogP contribution in [-0.2, 0) is 12.8 Å². The summed E-state index contributed by atoms with van der Waals surface area (Å²) in [6.07, 6.45) is 3.29. The van der Waals surface area contributed by atoms with E-state index in [1.54, 1.807) is 0 Å². The van der Waals surface area contributed by atoms with Crippen molar-refractivity contribution in [2.45, 2.75) is 33.6 Å². The summed E-state index contributed by atoms with van der Waals surface area (Å²) >= 11 is 0. The van der Waals surface area contributed by atoms with Gasteiger partial charge in [0.25, 0.3) is 5.91 Å². The van der Waals surface area contributed by atoms with Gasteiger partial charge in [0.1, 0.15) is 11.3 Å². The van der Waals surface area contributed by atoms with E-state index in [0.717, 1.165) is 28.4 Å². The summed E-state index contributed by atoms with van der Waals surface area (Å²) in [5.41, 5.74) is 3.29. The lowest BCUT2D eigenvalue weighted by atomic mass is 10.1. The van der Waals surface area contributed by atoms with Gasteiger partial charge in [-0.05, 0) is 56.5 Å². The molecule has 1 amide bonds. The van der Waals surface area contributed by atoms with E-state index < -0.39 is 0 Å². The lowest BCUT2D eigenvalue weighted by Gasteiger charge is -2.13. The highest BCUT2D eigenvalue weighted by Gasteiger charge is 2.17. The minimum Gasteiger partial charge on any atom is -0.490 e. The predicted octanol–water partition coefficient (Wildman–Crippen LogP) is 3.67. The Morgan fingerprint density at radius 3 is 2.61 bits per heavy atom. The van der Waals surface area contributed by atoms with Crippen LogP contribution in [0.3, 0.4) is 0 Å². The van der Waals surface area contributed by atoms with E-state index in [0.29, 0.717) is 38.3 Å². The molecule has 28 heavy (non-hydrogen) atoms. The standard InChI is InChI=1S/C22H27N3O3/c1-4-17-21(25-14-8-7-9-20(25)24-17)22(26)23-13-12-16-10-11-18(27-5-2)19(15-16)28-6-3/h7-11,14-15H,4-6,12-13H2,1-3H3,(H,23,26). The molecular formula is C22H27N3O3. The number of rotatable bonds is 9. The van der Waals surface area contributed by atoms with Crippen LogP contribution in [0.2, 0.25) is 0 Å². The Hall–Kier alpha value is -3.02. The van der Waals surface area contributed by atoms with E-state index in [9.17, 15) is 4.79 Å². The van der Waals surface area contributed by atoms with Crippen molar-refractivity contribution in [3.63, 3.8) is 0 Å². The zero-order valence-corrected chi connectivity index (χ0v) is 16.7. The Morgan fingerprint density at radius 1 is 1.07 bits per heavy atom. The van der Waals surface area contributed by atoms with Crippen molar-refractivity contribution in [3.05, 3.63) is 59.5 Å². The molecule has 0 fully saturated rings. The first-order valence-electron chi connectivity index (χ1n) is 9.80. The SMILES string of the molecule is CCOc1ccc(CCNC(=O)c2c(CC)nc3ccccn23)cc1OCC. The van der Waals surface area contributed by atoms with Crippen molar-refractivity contribution in [1.82, 2.24) is 14.7 Å². The van der Waals surface area contributed by atoms with Gasteiger partial charge in [-0.2, -0.15) is 0 Å². The number of ether oxygens (including phenoxy) is 2. The van der Waals surface area contributed by atoms with Crippen molar-refractivity contribution >= 4 is 11.6 Å². The molecule has 0 spiro atoms. The second-order valence-corrected chi connectivity index (χ2v) is 6.34. The lowest BCUT2D eigenvalue weighted by molar-refractivity contribution is 0.0947. The fraction of sp³-hybridized carbons (Fsp3) is 0.364.